The molecule has 1 amide bonds. The minimum atomic E-state index is -6.74. The van der Waals surface area contributed by atoms with Crippen LogP contribution in [0.15, 0.2) is 59.7 Å². The van der Waals surface area contributed by atoms with E-state index in [0.29, 0.717) is 0 Å². The quantitative estimate of drug-likeness (QED) is 0.620. The van der Waals surface area contributed by atoms with Gasteiger partial charge >= 0.3 is 18.0 Å². The fraction of sp³-hybridized carbons (Fsp3) is 0.286. The fourth-order valence-corrected chi connectivity index (χ4v) is 3.10. The number of alkyl halides is 7. The third kappa shape index (κ3) is 4.16. The molecule has 0 aliphatic carbocycles. The van der Waals surface area contributed by atoms with Crippen molar-refractivity contribution in [2.45, 2.75) is 30.2 Å². The minimum absolute atomic E-state index is 0.00959. The van der Waals surface area contributed by atoms with Crippen molar-refractivity contribution < 1.29 is 45.4 Å². The van der Waals surface area contributed by atoms with Crippen LogP contribution >= 0.6 is 0 Å². The Morgan fingerprint density at radius 3 is 2.18 bits per heavy atom. The van der Waals surface area contributed by atoms with Crippen molar-refractivity contribution in [3.8, 4) is 11.8 Å². The number of hydrogen-bond donors (Lipinski definition) is 1. The lowest BCUT2D eigenvalue weighted by atomic mass is 9.91. The highest BCUT2D eigenvalue weighted by molar-refractivity contribution is 6.03. The van der Waals surface area contributed by atoms with Crippen LogP contribution in [0.5, 0.6) is 5.75 Å². The molecule has 1 aliphatic heterocycles. The van der Waals surface area contributed by atoms with Gasteiger partial charge in [0.15, 0.2) is 6.61 Å². The zero-order valence-corrected chi connectivity index (χ0v) is 16.9. The van der Waals surface area contributed by atoms with Crippen LogP contribution in [0.2, 0.25) is 0 Å². The van der Waals surface area contributed by atoms with Gasteiger partial charge in [0.2, 0.25) is 5.72 Å². The maximum atomic E-state index is 14.7. The summed E-state index contributed by atoms with van der Waals surface area (Å²) in [6, 6.07) is 13.7. The van der Waals surface area contributed by atoms with Crippen molar-refractivity contribution in [1.82, 2.24) is 5.01 Å². The molecule has 0 unspecified atom stereocenters. The second kappa shape index (κ2) is 8.60. The smallest absolute Gasteiger partial charge is 0.460 e. The number of halogens is 7. The monoisotopic (exact) mass is 489 g/mol. The largest absolute Gasteiger partial charge is 0.484 e. The number of benzene rings is 2. The molecule has 1 atom stereocenters. The number of ether oxygens (including phenoxy) is 1. The van der Waals surface area contributed by atoms with Gasteiger partial charge in [0.25, 0.3) is 5.91 Å². The van der Waals surface area contributed by atoms with Crippen LogP contribution in [0.25, 0.3) is 0 Å². The zero-order chi connectivity index (χ0) is 25.4. The molecule has 13 heteroatoms. The Morgan fingerprint density at radius 1 is 1.06 bits per heavy atom. The first kappa shape index (κ1) is 25.0. The molecular weight excluding hydrogens is 475 g/mol. The third-order valence-electron chi connectivity index (χ3n) is 4.93. The summed E-state index contributed by atoms with van der Waals surface area (Å²) in [6.07, 6.45) is -8.26. The van der Waals surface area contributed by atoms with Gasteiger partial charge in [-0.2, -0.15) is 46.1 Å². The van der Waals surface area contributed by atoms with Gasteiger partial charge in [-0.05, 0) is 29.8 Å². The van der Waals surface area contributed by atoms with E-state index in [2.05, 4.69) is 5.10 Å². The predicted molar refractivity (Wildman–Crippen MR) is 102 cm³/mol. The number of carbonyl (C=O) groups excluding carboxylic acids is 1. The van der Waals surface area contributed by atoms with E-state index >= 15 is 0 Å². The summed E-state index contributed by atoms with van der Waals surface area (Å²) in [5.41, 5.74) is -4.65. The Labute approximate surface area is 187 Å². The number of amides is 1. The van der Waals surface area contributed by atoms with Crippen LogP contribution in [-0.2, 0) is 4.79 Å². The normalized spacial score (nSPS) is 18.9. The molecule has 180 valence electrons. The van der Waals surface area contributed by atoms with Gasteiger partial charge in [0, 0.05) is 6.42 Å². The van der Waals surface area contributed by atoms with E-state index in [-0.39, 0.29) is 16.9 Å². The van der Waals surface area contributed by atoms with Crippen LogP contribution in [-0.4, -0.2) is 52.1 Å². The number of hydrogen-bond acceptors (Lipinski definition) is 5. The topological polar surface area (TPSA) is 85.9 Å². The Bertz CT molecular complexity index is 1130. The van der Waals surface area contributed by atoms with Crippen LogP contribution in [0.4, 0.5) is 30.7 Å². The van der Waals surface area contributed by atoms with E-state index in [1.807, 2.05) is 6.07 Å². The summed E-state index contributed by atoms with van der Waals surface area (Å²) in [7, 11) is 0. The highest BCUT2D eigenvalue weighted by Gasteiger charge is 2.82. The maximum Gasteiger partial charge on any atom is 0.460 e. The Balaban J connectivity index is 1.97. The number of nitriles is 1. The summed E-state index contributed by atoms with van der Waals surface area (Å²) in [5, 5.41) is 22.2. The molecule has 0 aromatic heterocycles. The zero-order valence-electron chi connectivity index (χ0n) is 16.9. The molecule has 2 aromatic carbocycles. The van der Waals surface area contributed by atoms with E-state index in [1.165, 1.54) is 54.6 Å². The molecule has 1 heterocycles. The minimum Gasteiger partial charge on any atom is -0.484 e. The molecule has 0 fully saturated rings. The average Bonchev–Trinajstić information content (AvgIpc) is 3.17. The average molecular weight is 489 g/mol. The van der Waals surface area contributed by atoms with E-state index in [4.69, 9.17) is 10.00 Å². The van der Waals surface area contributed by atoms with Crippen LogP contribution in [0.3, 0.4) is 0 Å². The Hall–Kier alpha value is -3.66. The highest BCUT2D eigenvalue weighted by atomic mass is 19.4. The third-order valence-corrected chi connectivity index (χ3v) is 4.93. The van der Waals surface area contributed by atoms with Crippen molar-refractivity contribution in [2.75, 3.05) is 6.61 Å². The second-order valence-corrected chi connectivity index (χ2v) is 7.18. The number of nitrogens with zero attached hydrogens (tertiary/aromatic N) is 3. The van der Waals surface area contributed by atoms with Gasteiger partial charge in [-0.1, -0.05) is 30.3 Å². The van der Waals surface area contributed by atoms with Gasteiger partial charge < -0.3 is 9.84 Å². The first-order valence-electron chi connectivity index (χ1n) is 9.38. The molecule has 0 saturated carbocycles. The van der Waals surface area contributed by atoms with E-state index in [9.17, 15) is 40.6 Å². The van der Waals surface area contributed by atoms with Crippen LogP contribution in [0.1, 0.15) is 17.5 Å². The lowest BCUT2D eigenvalue weighted by Crippen LogP contribution is -2.69. The molecule has 0 saturated heterocycles. The first-order chi connectivity index (χ1) is 15.7. The number of carbonyl (C=O) groups is 1. The van der Waals surface area contributed by atoms with Crippen molar-refractivity contribution in [2.24, 2.45) is 5.10 Å². The van der Waals surface area contributed by atoms with Gasteiger partial charge in [-0.15, -0.1) is 0 Å². The lowest BCUT2D eigenvalue weighted by Gasteiger charge is -2.41. The standard InChI is InChI=1S/C21H14F7N3O3/c22-19(23,20(24,25)21(26,27)28)18(33)10-16(14-4-2-1-3-5-14)30-31(18)17(32)12-34-15-8-6-13(11-29)7-9-15/h1-9,33H,10,12H2/t18-/m0/s1. The lowest BCUT2D eigenvalue weighted by molar-refractivity contribution is -0.401. The SMILES string of the molecule is N#Cc1ccc(OCC(=O)N2N=C(c3ccccc3)C[C@]2(O)C(F)(F)C(F)(F)C(F)(F)F)cc1. The summed E-state index contributed by atoms with van der Waals surface area (Å²) < 4.78 is 100. The van der Waals surface area contributed by atoms with Gasteiger partial charge in [-0.3, -0.25) is 4.79 Å². The molecule has 1 aliphatic rings. The highest BCUT2D eigenvalue weighted by Crippen LogP contribution is 2.54. The summed E-state index contributed by atoms with van der Waals surface area (Å²) in [6.45, 7) is -1.15. The molecule has 34 heavy (non-hydrogen) atoms. The Kier molecular flexibility index (Phi) is 6.32. The Morgan fingerprint density at radius 2 is 1.65 bits per heavy atom. The molecule has 2 aromatic rings. The van der Waals surface area contributed by atoms with Crippen molar-refractivity contribution in [3.63, 3.8) is 0 Å². The molecule has 1 N–H and O–H groups in total. The molecule has 0 bridgehead atoms. The van der Waals surface area contributed by atoms with Gasteiger partial charge in [0.1, 0.15) is 5.75 Å². The van der Waals surface area contributed by atoms with Crippen molar-refractivity contribution in [1.29, 1.82) is 5.26 Å². The van der Waals surface area contributed by atoms with E-state index in [0.717, 1.165) is 0 Å². The molecule has 0 radical (unpaired) electrons. The van der Waals surface area contributed by atoms with Crippen molar-refractivity contribution in [3.05, 3.63) is 65.7 Å². The molecule has 3 rings (SSSR count). The second-order valence-electron chi connectivity index (χ2n) is 7.18. The van der Waals surface area contributed by atoms with Crippen LogP contribution < -0.4 is 4.74 Å². The molecule has 6 nitrogen and oxygen atoms in total. The molecular formula is C21H14F7N3O3. The van der Waals surface area contributed by atoms with Crippen LogP contribution in [0, 0.1) is 11.3 Å². The first-order valence-corrected chi connectivity index (χ1v) is 9.38. The molecule has 0 spiro atoms. The van der Waals surface area contributed by atoms with Gasteiger partial charge in [-0.25, -0.2) is 0 Å². The number of rotatable bonds is 6. The van der Waals surface area contributed by atoms with Crippen molar-refractivity contribution >= 4 is 11.6 Å². The maximum absolute atomic E-state index is 14.7. The summed E-state index contributed by atoms with van der Waals surface area (Å²) in [5.74, 6) is -14.6. The predicted octanol–water partition coefficient (Wildman–Crippen LogP) is 4.10. The fourth-order valence-electron chi connectivity index (χ4n) is 3.10. The summed E-state index contributed by atoms with van der Waals surface area (Å²) in [4.78, 5) is 12.6. The van der Waals surface area contributed by atoms with E-state index < -0.39 is 53.4 Å². The van der Waals surface area contributed by atoms with Gasteiger partial charge in [0.05, 0.1) is 17.3 Å². The number of hydrazone groups is 1. The number of aliphatic hydroxyl groups is 1. The van der Waals surface area contributed by atoms with E-state index in [1.54, 1.807) is 0 Å². The summed E-state index contributed by atoms with van der Waals surface area (Å²) >= 11 is 0.